The molecule has 0 bridgehead atoms. The van der Waals surface area contributed by atoms with E-state index in [2.05, 4.69) is 13.8 Å². The van der Waals surface area contributed by atoms with Gasteiger partial charge in [-0.15, -0.1) is 0 Å². The molecule has 7 heteroatoms. The highest BCUT2D eigenvalue weighted by atomic mass is 16.5. The Morgan fingerprint density at radius 1 is 1.24 bits per heavy atom. The maximum absolute atomic E-state index is 11.3. The van der Waals surface area contributed by atoms with E-state index in [0.717, 1.165) is 48.5 Å². The third kappa shape index (κ3) is 6.81. The van der Waals surface area contributed by atoms with E-state index in [0.29, 0.717) is 37.5 Å². The average Bonchev–Trinajstić information content (AvgIpc) is 3.23. The van der Waals surface area contributed by atoms with Crippen molar-refractivity contribution in [2.24, 2.45) is 11.8 Å². The van der Waals surface area contributed by atoms with Crippen LogP contribution in [0.5, 0.6) is 5.75 Å². The van der Waals surface area contributed by atoms with Crippen LogP contribution in [0.2, 0.25) is 0 Å². The van der Waals surface area contributed by atoms with Gasteiger partial charge in [-0.3, -0.25) is 0 Å². The summed E-state index contributed by atoms with van der Waals surface area (Å²) in [5, 5.41) is 9.24. The van der Waals surface area contributed by atoms with Crippen molar-refractivity contribution in [1.82, 2.24) is 4.98 Å². The van der Waals surface area contributed by atoms with Gasteiger partial charge < -0.3 is 23.7 Å². The molecule has 33 heavy (non-hydrogen) atoms. The molecule has 182 valence electrons. The Hall–Kier alpha value is -2.38. The van der Waals surface area contributed by atoms with Gasteiger partial charge in [-0.25, -0.2) is 9.78 Å². The van der Waals surface area contributed by atoms with Crippen molar-refractivity contribution >= 4 is 5.97 Å². The molecule has 1 fully saturated rings. The van der Waals surface area contributed by atoms with E-state index in [9.17, 15) is 9.90 Å². The van der Waals surface area contributed by atoms with Gasteiger partial charge in [0, 0.05) is 18.1 Å². The Kier molecular flexibility index (Phi) is 8.54. The van der Waals surface area contributed by atoms with Crippen LogP contribution in [0.1, 0.15) is 70.8 Å². The molecule has 0 unspecified atom stereocenters. The Labute approximate surface area is 196 Å². The first kappa shape index (κ1) is 25.2. The number of aromatic nitrogens is 1. The number of benzene rings is 1. The lowest BCUT2D eigenvalue weighted by atomic mass is 9.82. The second kappa shape index (κ2) is 11.2. The molecule has 1 aliphatic carbocycles. The minimum absolute atomic E-state index is 0.198. The quantitative estimate of drug-likeness (QED) is 0.462. The minimum atomic E-state index is -1.15. The SMILES string of the molecule is COc1cccc(-c2nc(COC[C@@H]3CCC[C@H](COC(C)(C)C(=O)O)C3)c(C(C)C)o2)c1. The van der Waals surface area contributed by atoms with Gasteiger partial charge in [0.1, 0.15) is 17.2 Å². The van der Waals surface area contributed by atoms with Gasteiger partial charge >= 0.3 is 5.97 Å². The van der Waals surface area contributed by atoms with Crippen molar-refractivity contribution in [3.8, 4) is 17.2 Å². The van der Waals surface area contributed by atoms with E-state index < -0.39 is 11.6 Å². The van der Waals surface area contributed by atoms with Crippen LogP contribution in [0.25, 0.3) is 11.5 Å². The highest BCUT2D eigenvalue weighted by molar-refractivity contribution is 5.76. The molecule has 0 saturated heterocycles. The van der Waals surface area contributed by atoms with Gasteiger partial charge in [-0.1, -0.05) is 26.3 Å². The van der Waals surface area contributed by atoms with Crippen molar-refractivity contribution < 1.29 is 28.5 Å². The summed E-state index contributed by atoms with van der Waals surface area (Å²) in [5.41, 5.74) is 0.563. The molecule has 1 saturated carbocycles. The van der Waals surface area contributed by atoms with Crippen LogP contribution in [0, 0.1) is 11.8 Å². The van der Waals surface area contributed by atoms with Crippen LogP contribution >= 0.6 is 0 Å². The third-order valence-corrected chi connectivity index (χ3v) is 6.25. The first-order valence-electron chi connectivity index (χ1n) is 11.8. The molecule has 7 nitrogen and oxygen atoms in total. The predicted molar refractivity (Wildman–Crippen MR) is 125 cm³/mol. The number of carboxylic acid groups (broad SMARTS) is 1. The molecule has 1 aromatic heterocycles. The van der Waals surface area contributed by atoms with Crippen LogP contribution in [0.4, 0.5) is 0 Å². The molecule has 0 aliphatic heterocycles. The van der Waals surface area contributed by atoms with Gasteiger partial charge in [-0.2, -0.15) is 0 Å². The second-order valence-electron chi connectivity index (χ2n) is 9.76. The lowest BCUT2D eigenvalue weighted by Crippen LogP contribution is -2.37. The highest BCUT2D eigenvalue weighted by Crippen LogP contribution is 2.32. The number of carbonyl (C=O) groups is 1. The van der Waals surface area contributed by atoms with E-state index >= 15 is 0 Å². The summed E-state index contributed by atoms with van der Waals surface area (Å²) in [6, 6.07) is 7.69. The fourth-order valence-electron chi connectivity index (χ4n) is 4.21. The minimum Gasteiger partial charge on any atom is -0.497 e. The number of hydrogen-bond donors (Lipinski definition) is 1. The number of rotatable bonds is 11. The molecular formula is C26H37NO6. The van der Waals surface area contributed by atoms with Crippen molar-refractivity contribution in [1.29, 1.82) is 0 Å². The van der Waals surface area contributed by atoms with Gasteiger partial charge in [0.15, 0.2) is 5.60 Å². The van der Waals surface area contributed by atoms with E-state index in [-0.39, 0.29) is 5.92 Å². The second-order valence-corrected chi connectivity index (χ2v) is 9.76. The van der Waals surface area contributed by atoms with Gasteiger partial charge in [0.05, 0.1) is 20.3 Å². The van der Waals surface area contributed by atoms with Crippen LogP contribution in [-0.4, -0.2) is 42.0 Å². The lowest BCUT2D eigenvalue weighted by molar-refractivity contribution is -0.163. The van der Waals surface area contributed by atoms with E-state index in [1.807, 2.05) is 24.3 Å². The molecular weight excluding hydrogens is 422 g/mol. The molecule has 1 heterocycles. The number of nitrogens with zero attached hydrogens (tertiary/aromatic N) is 1. The number of ether oxygens (including phenoxy) is 3. The normalized spacial score (nSPS) is 19.1. The fourth-order valence-corrected chi connectivity index (χ4v) is 4.21. The summed E-state index contributed by atoms with van der Waals surface area (Å²) in [6.45, 7) is 8.90. The first-order chi connectivity index (χ1) is 15.7. The summed E-state index contributed by atoms with van der Waals surface area (Å²) in [7, 11) is 1.64. The summed E-state index contributed by atoms with van der Waals surface area (Å²) in [6.07, 6.45) is 4.28. The third-order valence-electron chi connectivity index (χ3n) is 6.25. The van der Waals surface area contributed by atoms with Crippen LogP contribution in [-0.2, 0) is 20.9 Å². The maximum atomic E-state index is 11.3. The monoisotopic (exact) mass is 459 g/mol. The Bertz CT molecular complexity index is 919. The van der Waals surface area contributed by atoms with Crippen molar-refractivity contribution in [3.63, 3.8) is 0 Å². The first-order valence-corrected chi connectivity index (χ1v) is 11.8. The molecule has 1 aliphatic rings. The largest absolute Gasteiger partial charge is 0.497 e. The van der Waals surface area contributed by atoms with Crippen LogP contribution in [0.3, 0.4) is 0 Å². The topological polar surface area (TPSA) is 91.0 Å². The standard InChI is InChI=1S/C26H37NO6/c1-17(2)23-22(27-24(33-23)20-10-7-11-21(13-20)30-5)16-31-14-18-8-6-9-19(12-18)15-32-26(3,4)25(28)29/h7,10-11,13,17-19H,6,8-9,12,14-16H2,1-5H3,(H,28,29)/t18-,19+/m1/s1. The number of methoxy groups -OCH3 is 1. The molecule has 0 amide bonds. The van der Waals surface area contributed by atoms with Crippen molar-refractivity contribution in [2.45, 2.75) is 71.5 Å². The number of hydrogen-bond acceptors (Lipinski definition) is 6. The summed E-state index contributed by atoms with van der Waals surface area (Å²) in [4.78, 5) is 16.0. The Balaban J connectivity index is 1.56. The van der Waals surface area contributed by atoms with Gasteiger partial charge in [0.25, 0.3) is 0 Å². The van der Waals surface area contributed by atoms with Gasteiger partial charge in [0.2, 0.25) is 5.89 Å². The highest BCUT2D eigenvalue weighted by Gasteiger charge is 2.31. The van der Waals surface area contributed by atoms with Gasteiger partial charge in [-0.05, 0) is 63.1 Å². The van der Waals surface area contributed by atoms with E-state index in [4.69, 9.17) is 23.6 Å². The summed E-state index contributed by atoms with van der Waals surface area (Å²) < 4.78 is 23.2. The molecule has 2 atom stereocenters. The molecule has 0 spiro atoms. The zero-order valence-corrected chi connectivity index (χ0v) is 20.4. The molecule has 3 rings (SSSR count). The summed E-state index contributed by atoms with van der Waals surface area (Å²) in [5.74, 6) is 2.25. The van der Waals surface area contributed by atoms with Crippen molar-refractivity contribution in [2.75, 3.05) is 20.3 Å². The number of carboxylic acids is 1. The zero-order valence-electron chi connectivity index (χ0n) is 20.4. The molecule has 1 aromatic carbocycles. The molecule has 0 radical (unpaired) electrons. The van der Waals surface area contributed by atoms with E-state index in [1.54, 1.807) is 21.0 Å². The number of aliphatic carboxylic acids is 1. The summed E-state index contributed by atoms with van der Waals surface area (Å²) >= 11 is 0. The van der Waals surface area contributed by atoms with E-state index in [1.165, 1.54) is 0 Å². The predicted octanol–water partition coefficient (Wildman–Crippen LogP) is 5.68. The maximum Gasteiger partial charge on any atom is 0.335 e. The molecule has 2 aromatic rings. The average molecular weight is 460 g/mol. The molecule has 1 N–H and O–H groups in total. The van der Waals surface area contributed by atoms with Crippen LogP contribution in [0.15, 0.2) is 28.7 Å². The van der Waals surface area contributed by atoms with Crippen LogP contribution < -0.4 is 4.74 Å². The smallest absolute Gasteiger partial charge is 0.335 e. The zero-order chi connectivity index (χ0) is 24.0. The van der Waals surface area contributed by atoms with Crippen molar-refractivity contribution in [3.05, 3.63) is 35.7 Å². The number of oxazole rings is 1. The lowest BCUT2D eigenvalue weighted by Gasteiger charge is -2.31. The fraction of sp³-hybridized carbons (Fsp3) is 0.615. The Morgan fingerprint density at radius 3 is 2.64 bits per heavy atom. The Morgan fingerprint density at radius 2 is 1.97 bits per heavy atom.